The predicted molar refractivity (Wildman–Crippen MR) is 79.7 cm³/mol. The molecule has 0 aliphatic heterocycles. The van der Waals surface area contributed by atoms with Crippen LogP contribution in [0.15, 0.2) is 30.6 Å². The molecule has 1 aliphatic rings. The Morgan fingerprint density at radius 2 is 2.00 bits per heavy atom. The van der Waals surface area contributed by atoms with Gasteiger partial charge in [-0.1, -0.05) is 6.07 Å². The summed E-state index contributed by atoms with van der Waals surface area (Å²) in [5.41, 5.74) is 2.14. The van der Waals surface area contributed by atoms with Gasteiger partial charge in [0.1, 0.15) is 11.6 Å². The molecule has 0 radical (unpaired) electrons. The van der Waals surface area contributed by atoms with Crippen LogP contribution in [-0.2, 0) is 0 Å². The van der Waals surface area contributed by atoms with Gasteiger partial charge >= 0.3 is 0 Å². The molecule has 21 heavy (non-hydrogen) atoms. The summed E-state index contributed by atoms with van der Waals surface area (Å²) in [5, 5.41) is 2.84. The van der Waals surface area contributed by atoms with E-state index in [1.54, 1.807) is 19.5 Å². The number of hydrogen-bond acceptors (Lipinski definition) is 4. The topological polar surface area (TPSA) is 64.1 Å². The fourth-order valence-electron chi connectivity index (χ4n) is 2.12. The number of ether oxygens (including phenoxy) is 1. The fraction of sp³-hybridized carbons (Fsp3) is 0.312. The van der Waals surface area contributed by atoms with E-state index in [9.17, 15) is 4.79 Å². The third kappa shape index (κ3) is 3.02. The highest BCUT2D eigenvalue weighted by molar-refractivity contribution is 6.04. The minimum absolute atomic E-state index is 0.235. The number of nitrogens with zero attached hydrogens (tertiary/aromatic N) is 2. The highest BCUT2D eigenvalue weighted by Gasteiger charge is 2.26. The van der Waals surface area contributed by atoms with Crippen molar-refractivity contribution in [1.82, 2.24) is 9.97 Å². The van der Waals surface area contributed by atoms with Gasteiger partial charge in [-0.25, -0.2) is 9.97 Å². The second-order valence-corrected chi connectivity index (χ2v) is 5.26. The molecule has 0 bridgehead atoms. The minimum atomic E-state index is -0.235. The van der Waals surface area contributed by atoms with Gasteiger partial charge in [0.2, 0.25) is 0 Å². The van der Waals surface area contributed by atoms with E-state index in [0.717, 1.165) is 24.2 Å². The standard InChI is InChI=1S/C16H17N3O2/c1-10-3-6-14(21-2)13(7-10)19-16(20)12-8-17-15(18-9-12)11-4-5-11/h3,6-9,11H,4-5H2,1-2H3,(H,19,20). The Balaban J connectivity index is 1.77. The van der Waals surface area contributed by atoms with Crippen LogP contribution in [0.5, 0.6) is 5.75 Å². The molecule has 1 aliphatic carbocycles. The van der Waals surface area contributed by atoms with Crippen molar-refractivity contribution >= 4 is 11.6 Å². The van der Waals surface area contributed by atoms with E-state index in [4.69, 9.17) is 4.74 Å². The molecule has 5 heteroatoms. The highest BCUT2D eigenvalue weighted by Crippen LogP contribution is 2.37. The number of rotatable bonds is 4. The van der Waals surface area contributed by atoms with Crippen LogP contribution in [0.3, 0.4) is 0 Å². The molecule has 1 N–H and O–H groups in total. The molecule has 0 atom stereocenters. The molecular weight excluding hydrogens is 266 g/mol. The van der Waals surface area contributed by atoms with Gasteiger partial charge in [-0.3, -0.25) is 4.79 Å². The zero-order valence-corrected chi connectivity index (χ0v) is 12.1. The maximum absolute atomic E-state index is 12.2. The molecule has 1 aromatic heterocycles. The van der Waals surface area contributed by atoms with Crippen LogP contribution in [0, 0.1) is 6.92 Å². The van der Waals surface area contributed by atoms with Crippen molar-refractivity contribution in [3.63, 3.8) is 0 Å². The van der Waals surface area contributed by atoms with Crippen LogP contribution in [0.4, 0.5) is 5.69 Å². The number of methoxy groups -OCH3 is 1. The maximum Gasteiger partial charge on any atom is 0.258 e. The molecule has 1 amide bonds. The summed E-state index contributed by atoms with van der Waals surface area (Å²) in [6, 6.07) is 5.63. The SMILES string of the molecule is COc1ccc(C)cc1NC(=O)c1cnc(C2CC2)nc1. The molecule has 2 aromatic rings. The van der Waals surface area contributed by atoms with Gasteiger partial charge in [-0.2, -0.15) is 0 Å². The number of anilines is 1. The third-order valence-corrected chi connectivity index (χ3v) is 3.48. The quantitative estimate of drug-likeness (QED) is 0.937. The first-order valence-electron chi connectivity index (χ1n) is 6.95. The number of amides is 1. The van der Waals surface area contributed by atoms with Crippen molar-refractivity contribution in [2.45, 2.75) is 25.7 Å². The van der Waals surface area contributed by atoms with E-state index in [0.29, 0.717) is 22.9 Å². The lowest BCUT2D eigenvalue weighted by molar-refractivity contribution is 0.102. The summed E-state index contributed by atoms with van der Waals surface area (Å²) >= 11 is 0. The zero-order valence-electron chi connectivity index (χ0n) is 12.1. The first-order valence-corrected chi connectivity index (χ1v) is 6.95. The number of aryl methyl sites for hydroxylation is 1. The summed E-state index contributed by atoms with van der Waals surface area (Å²) in [5.74, 6) is 1.71. The van der Waals surface area contributed by atoms with Crippen LogP contribution in [0.25, 0.3) is 0 Å². The summed E-state index contributed by atoms with van der Waals surface area (Å²) < 4.78 is 5.25. The van der Waals surface area contributed by atoms with E-state index < -0.39 is 0 Å². The lowest BCUT2D eigenvalue weighted by Crippen LogP contribution is -2.14. The zero-order chi connectivity index (χ0) is 14.8. The minimum Gasteiger partial charge on any atom is -0.495 e. The van der Waals surface area contributed by atoms with Crippen molar-refractivity contribution in [3.05, 3.63) is 47.5 Å². The van der Waals surface area contributed by atoms with E-state index >= 15 is 0 Å². The number of carbonyl (C=O) groups is 1. The van der Waals surface area contributed by atoms with Crippen LogP contribution in [0.2, 0.25) is 0 Å². The molecule has 3 rings (SSSR count). The maximum atomic E-state index is 12.2. The summed E-state index contributed by atoms with van der Waals surface area (Å²) in [6.45, 7) is 1.96. The van der Waals surface area contributed by atoms with Crippen molar-refractivity contribution in [3.8, 4) is 5.75 Å². The van der Waals surface area contributed by atoms with Crippen molar-refractivity contribution < 1.29 is 9.53 Å². The first kappa shape index (κ1) is 13.5. The first-order chi connectivity index (χ1) is 10.2. The normalized spacial score (nSPS) is 13.8. The molecule has 108 valence electrons. The summed E-state index contributed by atoms with van der Waals surface area (Å²) in [4.78, 5) is 20.8. The number of aromatic nitrogens is 2. The van der Waals surface area contributed by atoms with Crippen LogP contribution in [-0.4, -0.2) is 23.0 Å². The van der Waals surface area contributed by atoms with Crippen molar-refractivity contribution in [1.29, 1.82) is 0 Å². The molecule has 0 unspecified atom stereocenters. The molecule has 1 saturated carbocycles. The number of hydrogen-bond donors (Lipinski definition) is 1. The average Bonchev–Trinajstić information content (AvgIpc) is 3.32. The van der Waals surface area contributed by atoms with E-state index in [1.165, 1.54) is 0 Å². The van der Waals surface area contributed by atoms with E-state index in [1.807, 2.05) is 25.1 Å². The Hall–Kier alpha value is -2.43. The van der Waals surface area contributed by atoms with Crippen molar-refractivity contribution in [2.75, 3.05) is 12.4 Å². The largest absolute Gasteiger partial charge is 0.495 e. The van der Waals surface area contributed by atoms with Crippen LogP contribution < -0.4 is 10.1 Å². The van der Waals surface area contributed by atoms with Crippen LogP contribution >= 0.6 is 0 Å². The second kappa shape index (κ2) is 5.52. The Morgan fingerprint density at radius 1 is 1.29 bits per heavy atom. The monoisotopic (exact) mass is 283 g/mol. The molecule has 1 heterocycles. The van der Waals surface area contributed by atoms with Gasteiger partial charge in [0.25, 0.3) is 5.91 Å². The van der Waals surface area contributed by atoms with Gasteiger partial charge < -0.3 is 10.1 Å². The van der Waals surface area contributed by atoms with Gasteiger partial charge in [0, 0.05) is 18.3 Å². The van der Waals surface area contributed by atoms with E-state index in [-0.39, 0.29) is 5.91 Å². The van der Waals surface area contributed by atoms with Gasteiger partial charge in [-0.05, 0) is 37.5 Å². The Bertz CT molecular complexity index is 664. The number of benzene rings is 1. The van der Waals surface area contributed by atoms with Crippen LogP contribution in [0.1, 0.15) is 40.5 Å². The Morgan fingerprint density at radius 3 is 2.62 bits per heavy atom. The van der Waals surface area contributed by atoms with Crippen molar-refractivity contribution in [2.24, 2.45) is 0 Å². The van der Waals surface area contributed by atoms with Gasteiger partial charge in [0.15, 0.2) is 0 Å². The highest BCUT2D eigenvalue weighted by atomic mass is 16.5. The molecule has 1 fully saturated rings. The number of nitrogens with one attached hydrogen (secondary N) is 1. The smallest absolute Gasteiger partial charge is 0.258 e. The Labute approximate surface area is 123 Å². The number of carbonyl (C=O) groups excluding carboxylic acids is 1. The lowest BCUT2D eigenvalue weighted by atomic mass is 10.2. The summed E-state index contributed by atoms with van der Waals surface area (Å²) in [6.07, 6.45) is 5.45. The average molecular weight is 283 g/mol. The summed E-state index contributed by atoms with van der Waals surface area (Å²) in [7, 11) is 1.58. The molecule has 0 spiro atoms. The third-order valence-electron chi connectivity index (χ3n) is 3.48. The predicted octanol–water partition coefficient (Wildman–Crippen LogP) is 2.92. The van der Waals surface area contributed by atoms with E-state index in [2.05, 4.69) is 15.3 Å². The molecule has 0 saturated heterocycles. The second-order valence-electron chi connectivity index (χ2n) is 5.26. The lowest BCUT2D eigenvalue weighted by Gasteiger charge is -2.11. The van der Waals surface area contributed by atoms with Gasteiger partial charge in [0.05, 0.1) is 18.4 Å². The fourth-order valence-corrected chi connectivity index (χ4v) is 2.12. The van der Waals surface area contributed by atoms with Gasteiger partial charge in [-0.15, -0.1) is 0 Å². The molecular formula is C16H17N3O2. The molecule has 5 nitrogen and oxygen atoms in total. The molecule has 1 aromatic carbocycles. The Kier molecular flexibility index (Phi) is 3.56.